The summed E-state index contributed by atoms with van der Waals surface area (Å²) in [7, 11) is 1.65. The van der Waals surface area contributed by atoms with E-state index < -0.39 is 0 Å². The molecule has 0 saturated heterocycles. The van der Waals surface area contributed by atoms with Crippen molar-refractivity contribution in [3.8, 4) is 17.1 Å². The lowest BCUT2D eigenvalue weighted by Crippen LogP contribution is -2.16. The highest BCUT2D eigenvalue weighted by molar-refractivity contribution is 5.86. The molecule has 0 bridgehead atoms. The van der Waals surface area contributed by atoms with Crippen molar-refractivity contribution in [1.82, 2.24) is 9.55 Å². The maximum Gasteiger partial charge on any atom is 0.313 e. The molecule has 5 heteroatoms. The van der Waals surface area contributed by atoms with Gasteiger partial charge >= 0.3 is 5.97 Å². The van der Waals surface area contributed by atoms with Crippen molar-refractivity contribution < 1.29 is 14.3 Å². The van der Waals surface area contributed by atoms with E-state index in [1.54, 1.807) is 13.3 Å². The maximum absolute atomic E-state index is 12.6. The highest BCUT2D eigenvalue weighted by Crippen LogP contribution is 2.26. The van der Waals surface area contributed by atoms with Gasteiger partial charge in [-0.2, -0.15) is 0 Å². The highest BCUT2D eigenvalue weighted by atomic mass is 16.5. The van der Waals surface area contributed by atoms with E-state index in [0.29, 0.717) is 13.2 Å². The van der Waals surface area contributed by atoms with Crippen molar-refractivity contribution in [2.24, 2.45) is 0 Å². The number of nitrogens with zero attached hydrogens (tertiary/aromatic N) is 2. The number of ether oxygens (including phenoxy) is 2. The molecule has 0 amide bonds. The van der Waals surface area contributed by atoms with E-state index in [1.165, 1.54) is 0 Å². The highest BCUT2D eigenvalue weighted by Gasteiger charge is 2.17. The van der Waals surface area contributed by atoms with Gasteiger partial charge in [0.05, 0.1) is 19.6 Å². The molecule has 30 heavy (non-hydrogen) atoms. The summed E-state index contributed by atoms with van der Waals surface area (Å²) in [6.07, 6.45) is 3.66. The molecule has 152 valence electrons. The number of methoxy groups -OCH3 is 1. The lowest BCUT2D eigenvalue weighted by Gasteiger charge is -2.14. The van der Waals surface area contributed by atoms with Crippen molar-refractivity contribution in [3.05, 3.63) is 84.7 Å². The number of rotatable bonds is 7. The number of esters is 1. The van der Waals surface area contributed by atoms with Gasteiger partial charge in [-0.05, 0) is 35.4 Å². The van der Waals surface area contributed by atoms with Gasteiger partial charge in [0.15, 0.2) is 0 Å². The summed E-state index contributed by atoms with van der Waals surface area (Å²) in [4.78, 5) is 17.0. The van der Waals surface area contributed by atoms with Gasteiger partial charge in [-0.1, -0.05) is 54.6 Å². The van der Waals surface area contributed by atoms with Crippen LogP contribution < -0.4 is 4.74 Å². The van der Waals surface area contributed by atoms with Gasteiger partial charge in [0, 0.05) is 18.0 Å². The average Bonchev–Trinajstić information content (AvgIpc) is 3.27. The minimum Gasteiger partial charge on any atom is -0.497 e. The van der Waals surface area contributed by atoms with Crippen LogP contribution in [0.3, 0.4) is 0 Å². The first kappa shape index (κ1) is 19.7. The summed E-state index contributed by atoms with van der Waals surface area (Å²) < 4.78 is 12.8. The van der Waals surface area contributed by atoms with Gasteiger partial charge in [0.1, 0.15) is 18.2 Å². The van der Waals surface area contributed by atoms with Crippen LogP contribution in [-0.2, 0) is 16.1 Å². The van der Waals surface area contributed by atoms with Gasteiger partial charge in [-0.15, -0.1) is 0 Å². The summed E-state index contributed by atoms with van der Waals surface area (Å²) in [5, 5.41) is 2.14. The molecule has 0 saturated carbocycles. The SMILES string of the molecule is COc1ccc2cc(C(C)C(=O)OCCn3ccnc3-c3ccccc3)ccc2c1. The van der Waals surface area contributed by atoms with Crippen LogP contribution in [0.1, 0.15) is 18.4 Å². The number of carbonyl (C=O) groups is 1. The predicted octanol–water partition coefficient (Wildman–Crippen LogP) is 5.06. The normalized spacial score (nSPS) is 11.9. The van der Waals surface area contributed by atoms with E-state index in [0.717, 1.165) is 33.5 Å². The van der Waals surface area contributed by atoms with E-state index in [9.17, 15) is 4.79 Å². The third-order valence-corrected chi connectivity index (χ3v) is 5.25. The van der Waals surface area contributed by atoms with Crippen LogP contribution in [0.15, 0.2) is 79.1 Å². The van der Waals surface area contributed by atoms with Crippen LogP contribution in [-0.4, -0.2) is 29.2 Å². The number of carbonyl (C=O) groups excluding carboxylic acids is 1. The Kier molecular flexibility index (Phi) is 5.80. The monoisotopic (exact) mass is 400 g/mol. The van der Waals surface area contributed by atoms with Crippen LogP contribution in [0.4, 0.5) is 0 Å². The molecule has 1 heterocycles. The molecule has 0 radical (unpaired) electrons. The molecule has 3 aromatic carbocycles. The zero-order chi connectivity index (χ0) is 20.9. The van der Waals surface area contributed by atoms with Gasteiger partial charge in [-0.25, -0.2) is 4.98 Å². The van der Waals surface area contributed by atoms with E-state index >= 15 is 0 Å². The summed E-state index contributed by atoms with van der Waals surface area (Å²) in [5.74, 6) is 1.11. The Morgan fingerprint density at radius 3 is 2.60 bits per heavy atom. The number of fused-ring (bicyclic) bond motifs is 1. The Morgan fingerprint density at radius 2 is 1.80 bits per heavy atom. The molecule has 0 N–H and O–H groups in total. The van der Waals surface area contributed by atoms with Crippen LogP contribution >= 0.6 is 0 Å². The summed E-state index contributed by atoms with van der Waals surface area (Å²) in [5.41, 5.74) is 1.97. The first-order chi connectivity index (χ1) is 14.7. The fourth-order valence-corrected chi connectivity index (χ4v) is 3.48. The quantitative estimate of drug-likeness (QED) is 0.407. The molecular formula is C25H24N2O3. The van der Waals surface area contributed by atoms with Gasteiger partial charge in [0.25, 0.3) is 0 Å². The zero-order valence-corrected chi connectivity index (χ0v) is 17.1. The fourth-order valence-electron chi connectivity index (χ4n) is 3.48. The van der Waals surface area contributed by atoms with Crippen LogP contribution in [0.25, 0.3) is 22.2 Å². The maximum atomic E-state index is 12.6. The lowest BCUT2D eigenvalue weighted by atomic mass is 9.98. The lowest BCUT2D eigenvalue weighted by molar-refractivity contribution is -0.145. The predicted molar refractivity (Wildman–Crippen MR) is 118 cm³/mol. The van der Waals surface area contributed by atoms with Crippen molar-refractivity contribution in [2.75, 3.05) is 13.7 Å². The average molecular weight is 400 g/mol. The Balaban J connectivity index is 1.39. The Labute approximate surface area is 175 Å². The van der Waals surface area contributed by atoms with Crippen LogP contribution in [0.5, 0.6) is 5.75 Å². The minimum absolute atomic E-state index is 0.232. The fraction of sp³-hybridized carbons (Fsp3) is 0.200. The molecule has 5 nitrogen and oxygen atoms in total. The second-order valence-corrected chi connectivity index (χ2v) is 7.17. The van der Waals surface area contributed by atoms with Crippen molar-refractivity contribution in [3.63, 3.8) is 0 Å². The molecule has 1 atom stereocenters. The summed E-state index contributed by atoms with van der Waals surface area (Å²) in [6.45, 7) is 2.73. The van der Waals surface area contributed by atoms with Crippen molar-refractivity contribution in [2.45, 2.75) is 19.4 Å². The molecular weight excluding hydrogens is 376 g/mol. The first-order valence-corrected chi connectivity index (χ1v) is 9.96. The third-order valence-electron chi connectivity index (χ3n) is 5.25. The molecule has 1 aromatic heterocycles. The van der Waals surface area contributed by atoms with E-state index in [1.807, 2.05) is 84.4 Å². The van der Waals surface area contributed by atoms with Crippen molar-refractivity contribution in [1.29, 1.82) is 0 Å². The zero-order valence-electron chi connectivity index (χ0n) is 17.1. The number of imidazole rings is 1. The Bertz CT molecular complexity index is 1150. The molecule has 0 aliphatic heterocycles. The Hall–Kier alpha value is -3.60. The van der Waals surface area contributed by atoms with E-state index in [4.69, 9.17) is 9.47 Å². The van der Waals surface area contributed by atoms with Crippen LogP contribution in [0.2, 0.25) is 0 Å². The number of aromatic nitrogens is 2. The van der Waals surface area contributed by atoms with Gasteiger partial charge in [-0.3, -0.25) is 4.79 Å². The molecule has 0 aliphatic rings. The molecule has 0 spiro atoms. The minimum atomic E-state index is -0.340. The summed E-state index contributed by atoms with van der Waals surface area (Å²) in [6, 6.07) is 21.9. The third kappa shape index (κ3) is 4.20. The topological polar surface area (TPSA) is 53.4 Å². The molecule has 0 aliphatic carbocycles. The van der Waals surface area contributed by atoms with Crippen molar-refractivity contribution >= 4 is 16.7 Å². The standard InChI is InChI=1S/C25H24N2O3/c1-18(20-8-9-22-17-23(29-2)11-10-21(22)16-20)25(28)30-15-14-27-13-12-26-24(27)19-6-4-3-5-7-19/h3-13,16-18H,14-15H2,1-2H3. The number of benzene rings is 3. The van der Waals surface area contributed by atoms with E-state index in [2.05, 4.69) is 4.98 Å². The van der Waals surface area contributed by atoms with Gasteiger partial charge < -0.3 is 14.0 Å². The molecule has 4 rings (SSSR count). The number of hydrogen-bond donors (Lipinski definition) is 0. The van der Waals surface area contributed by atoms with E-state index in [-0.39, 0.29) is 11.9 Å². The number of hydrogen-bond acceptors (Lipinski definition) is 4. The largest absolute Gasteiger partial charge is 0.497 e. The second kappa shape index (κ2) is 8.82. The molecule has 4 aromatic rings. The summed E-state index contributed by atoms with van der Waals surface area (Å²) >= 11 is 0. The molecule has 0 fully saturated rings. The smallest absolute Gasteiger partial charge is 0.313 e. The van der Waals surface area contributed by atoms with Crippen LogP contribution in [0, 0.1) is 0 Å². The second-order valence-electron chi connectivity index (χ2n) is 7.17. The van der Waals surface area contributed by atoms with Gasteiger partial charge in [0.2, 0.25) is 0 Å². The first-order valence-electron chi connectivity index (χ1n) is 9.96. The Morgan fingerprint density at radius 1 is 1.03 bits per heavy atom. The molecule has 1 unspecified atom stereocenters.